The number of aryl methyl sites for hydroxylation is 2. The number of allylic oxidation sites excluding steroid dienone is 4. The molecule has 6 bridgehead atoms. The molecule has 0 fully saturated rings. The van der Waals surface area contributed by atoms with Crippen LogP contribution in [0.2, 0.25) is 0 Å². The van der Waals surface area contributed by atoms with Crippen LogP contribution in [0.15, 0.2) is 67.1 Å². The molecule has 6 aromatic rings. The highest BCUT2D eigenvalue weighted by atomic mass is 16.6. The van der Waals surface area contributed by atoms with Gasteiger partial charge in [-0.1, -0.05) is 13.8 Å². The van der Waals surface area contributed by atoms with Gasteiger partial charge in [-0.15, -0.1) is 0 Å². The number of ether oxygens (including phenoxy) is 9. The molecule has 2 aliphatic heterocycles. The highest BCUT2D eigenvalue weighted by Crippen LogP contribution is 2.39. The smallest absolute Gasteiger partial charge is 0.328 e. The maximum absolute atomic E-state index is 13.9. The summed E-state index contributed by atoms with van der Waals surface area (Å²) in [6, 6.07) is 13.0. The van der Waals surface area contributed by atoms with Crippen molar-refractivity contribution in [2.24, 2.45) is 0 Å². The molecule has 2 aliphatic rings. The Kier molecular flexibility index (Phi) is 27.6. The van der Waals surface area contributed by atoms with Crippen molar-refractivity contribution in [2.75, 3.05) is 130 Å². The first-order valence-corrected chi connectivity index (χ1v) is 31.8. The number of nitrogens with two attached hydrogens (primary N) is 2. The zero-order valence-electron chi connectivity index (χ0n) is 55.2. The summed E-state index contributed by atoms with van der Waals surface area (Å²) in [5.41, 5.74) is 25.1. The predicted octanol–water partition coefficient (Wildman–Crippen LogP) is 7.87. The maximum Gasteiger partial charge on any atom is 0.328 e. The van der Waals surface area contributed by atoms with Gasteiger partial charge < -0.3 is 79.5 Å². The highest BCUT2D eigenvalue weighted by Gasteiger charge is 2.26. The van der Waals surface area contributed by atoms with E-state index in [-0.39, 0.29) is 69.0 Å². The standard InChI is InChI=1S/C68H87N13O14/c1-8-47-48(9-2)53-35-55-50(13-11-21-95-67(86)51(18-19-62(83)84)78-66(85)44-14-16-46(17-15-44)81(5)41-45-38-73-65-63(74-45)64(69)79-68(70)80-65)43(4)59(77-55)40-72-57-37-61(94-33-31-92-29-27-90-25-23-88-7)60(93-32-30-91-28-26-89-24-22-87-6)36-56(57)71-39-58-42(3)49(12-10-20-82)54(76-58)34-52(47)75-53/h14-17,34-40,51,77,82H,8-13,18-33,41H2,1-7H3,(H,78,85)(H,83,84)(H4,69,70,73,79,80)/t51-/m1/s1. The molecule has 6 heterocycles. The molecule has 0 saturated carbocycles. The Hall–Kier alpha value is -9.09. The summed E-state index contributed by atoms with van der Waals surface area (Å²) in [7, 11) is 5.08. The Labute approximate surface area is 551 Å². The van der Waals surface area contributed by atoms with Crippen LogP contribution in [0, 0.1) is 6.92 Å². The molecule has 0 spiro atoms. The van der Waals surface area contributed by atoms with Crippen molar-refractivity contribution >= 4 is 90.8 Å². The molecule has 1 amide bonds. The van der Waals surface area contributed by atoms with Gasteiger partial charge in [0.25, 0.3) is 5.91 Å². The Morgan fingerprint density at radius 2 is 1.23 bits per heavy atom. The summed E-state index contributed by atoms with van der Waals surface area (Å²) in [6.07, 6.45) is 7.72. The Morgan fingerprint density at radius 1 is 0.642 bits per heavy atom. The second kappa shape index (κ2) is 36.5. The molecular formula is C68H87N13O14. The van der Waals surface area contributed by atoms with Crippen molar-refractivity contribution in [1.82, 2.24) is 50.2 Å². The number of hydrogen-bond donors (Lipinski definition) is 6. The monoisotopic (exact) mass is 1310 g/mol. The van der Waals surface area contributed by atoms with Crippen molar-refractivity contribution in [2.45, 2.75) is 91.6 Å². The van der Waals surface area contributed by atoms with Gasteiger partial charge in [0, 0.05) is 63.2 Å². The van der Waals surface area contributed by atoms with E-state index in [1.807, 2.05) is 37.9 Å². The van der Waals surface area contributed by atoms with E-state index in [9.17, 15) is 24.6 Å². The van der Waals surface area contributed by atoms with Crippen LogP contribution in [0.25, 0.3) is 55.5 Å². The number of nitrogens with one attached hydrogen (secondary N) is 2. The number of aliphatic hydroxyl groups is 1. The topological polar surface area (TPSA) is 361 Å². The van der Waals surface area contributed by atoms with Gasteiger partial charge in [0.05, 0.1) is 143 Å². The number of carboxylic acid groups (broad SMARTS) is 1. The number of nitrogen functional groups attached to an aromatic ring is 2. The summed E-state index contributed by atoms with van der Waals surface area (Å²) in [4.78, 5) is 82.6. The van der Waals surface area contributed by atoms with Gasteiger partial charge in [0.1, 0.15) is 19.3 Å². The summed E-state index contributed by atoms with van der Waals surface area (Å²) >= 11 is 0. The Morgan fingerprint density at radius 3 is 1.84 bits per heavy atom. The lowest BCUT2D eigenvalue weighted by atomic mass is 9.98. The fourth-order valence-corrected chi connectivity index (χ4v) is 10.7. The fourth-order valence-electron chi connectivity index (χ4n) is 10.7. The summed E-state index contributed by atoms with van der Waals surface area (Å²) in [5, 5.41) is 22.4. The first-order chi connectivity index (χ1) is 46.1. The average molecular weight is 1310 g/mol. The van der Waals surface area contributed by atoms with Crippen molar-refractivity contribution < 1.29 is 67.2 Å². The molecule has 4 aromatic heterocycles. The number of anilines is 3. The molecule has 27 heteroatoms. The van der Waals surface area contributed by atoms with Crippen LogP contribution in [0.1, 0.15) is 116 Å². The van der Waals surface area contributed by atoms with Crippen LogP contribution in [-0.4, -0.2) is 193 Å². The van der Waals surface area contributed by atoms with Crippen molar-refractivity contribution in [3.05, 3.63) is 112 Å². The van der Waals surface area contributed by atoms with E-state index < -0.39 is 30.3 Å². The number of benzene rings is 2. The molecule has 1 atom stereocenters. The zero-order valence-corrected chi connectivity index (χ0v) is 55.2. The minimum Gasteiger partial charge on any atom is -0.487 e. The van der Waals surface area contributed by atoms with Gasteiger partial charge in [-0.3, -0.25) is 19.6 Å². The number of aliphatic hydroxyl groups excluding tert-OH is 1. The van der Waals surface area contributed by atoms with Gasteiger partial charge in [-0.25, -0.2) is 24.7 Å². The molecule has 27 nitrogen and oxygen atoms in total. The third-order valence-electron chi connectivity index (χ3n) is 15.7. The minimum absolute atomic E-state index is 0.00477. The van der Waals surface area contributed by atoms with Gasteiger partial charge >= 0.3 is 11.9 Å². The Bertz CT molecular complexity index is 3880. The zero-order chi connectivity index (χ0) is 67.6. The molecule has 0 unspecified atom stereocenters. The van der Waals surface area contributed by atoms with E-state index in [1.165, 1.54) is 0 Å². The second-order valence-corrected chi connectivity index (χ2v) is 22.3. The first-order valence-electron chi connectivity index (χ1n) is 31.8. The van der Waals surface area contributed by atoms with Gasteiger partial charge in [-0.2, -0.15) is 9.97 Å². The number of aromatic amines is 1. The first kappa shape index (κ1) is 71.8. The van der Waals surface area contributed by atoms with Gasteiger partial charge in [-0.05, 0) is 129 Å². The number of esters is 1. The van der Waals surface area contributed by atoms with Crippen molar-refractivity contribution in [1.29, 1.82) is 0 Å². The molecule has 2 aromatic carbocycles. The number of aromatic nitrogens is 9. The third-order valence-corrected chi connectivity index (χ3v) is 15.7. The molecule has 0 radical (unpaired) electrons. The lowest BCUT2D eigenvalue weighted by Gasteiger charge is -2.20. The molecule has 0 saturated heterocycles. The molecule has 8 rings (SSSR count). The minimum atomic E-state index is -1.26. The summed E-state index contributed by atoms with van der Waals surface area (Å²) in [6.45, 7) is 12.8. The number of carbonyl (C=O) groups excluding carboxylic acids is 2. The lowest BCUT2D eigenvalue weighted by molar-refractivity contribution is -0.146. The van der Waals surface area contributed by atoms with E-state index in [0.29, 0.717) is 143 Å². The van der Waals surface area contributed by atoms with E-state index >= 15 is 0 Å². The van der Waals surface area contributed by atoms with Gasteiger partial charge in [0.2, 0.25) is 5.95 Å². The van der Waals surface area contributed by atoms with Crippen LogP contribution in [0.5, 0.6) is 11.5 Å². The van der Waals surface area contributed by atoms with Crippen LogP contribution in [0.3, 0.4) is 0 Å². The predicted molar refractivity (Wildman–Crippen MR) is 360 cm³/mol. The van der Waals surface area contributed by atoms with E-state index in [0.717, 1.165) is 61.7 Å². The number of H-pyrrole nitrogens is 1. The number of hydrogen-bond acceptors (Lipinski definition) is 24. The quantitative estimate of drug-likeness (QED) is 0.0158. The van der Waals surface area contributed by atoms with Crippen LogP contribution >= 0.6 is 0 Å². The van der Waals surface area contributed by atoms with Crippen molar-refractivity contribution in [3.8, 4) is 11.5 Å². The van der Waals surface area contributed by atoms with Crippen LogP contribution in [0.4, 0.5) is 17.5 Å². The maximum atomic E-state index is 13.9. The van der Waals surface area contributed by atoms with Crippen molar-refractivity contribution in [3.63, 3.8) is 0 Å². The second-order valence-electron chi connectivity index (χ2n) is 22.3. The third kappa shape index (κ3) is 20.2. The fraction of sp³-hybridized carbons (Fsp3) is 0.456. The number of carboxylic acids is 1. The summed E-state index contributed by atoms with van der Waals surface area (Å²) < 4.78 is 51.5. The molecule has 8 N–H and O–H groups in total. The number of fused-ring (bicyclic) bond motifs is 8. The molecular weight excluding hydrogens is 1220 g/mol. The van der Waals surface area contributed by atoms with E-state index in [4.69, 9.17) is 74.0 Å². The Balaban J connectivity index is 1.08. The lowest BCUT2D eigenvalue weighted by Crippen LogP contribution is -2.42. The van der Waals surface area contributed by atoms with Crippen LogP contribution < -0.4 is 31.2 Å². The number of amides is 1. The molecule has 508 valence electrons. The number of rotatable bonds is 38. The largest absolute Gasteiger partial charge is 0.487 e. The van der Waals surface area contributed by atoms with E-state index in [2.05, 4.69) is 44.1 Å². The molecule has 95 heavy (non-hydrogen) atoms. The van der Waals surface area contributed by atoms with Crippen LogP contribution in [-0.2, 0) is 55.7 Å². The molecule has 0 aliphatic carbocycles. The number of nitrogens with zero attached hydrogens (tertiary/aromatic N) is 9. The average Bonchev–Trinajstić information content (AvgIpc) is 1.72. The van der Waals surface area contributed by atoms with E-state index in [1.54, 1.807) is 69.2 Å². The highest BCUT2D eigenvalue weighted by molar-refractivity contribution is 5.98. The number of aliphatic carboxylic acids is 1. The van der Waals surface area contributed by atoms with Gasteiger partial charge in [0.15, 0.2) is 28.5 Å². The number of carbonyl (C=O) groups is 3. The normalized spacial score (nSPS) is 12.5. The summed E-state index contributed by atoms with van der Waals surface area (Å²) in [5.74, 6) is -1.60. The number of methoxy groups -OCH3 is 2. The SMILES string of the molecule is CCC1=C(CC)c2cc3[nH]c(cnc4cc(OCCOCCOCCOC)c(OCCOCCOCCOC)cc4ncc4nc(cc1n2)C(CCCO)=C4C)c(C)c3CCCOC(=O)[C@@H](CCC(=O)O)NC(=O)c1ccc(N(C)Cc2cnc3nc(N)nc(N)c3n2)cc1.